The Bertz CT molecular complexity index is 471. The SMILES string of the molecule is CC[Si](C#CC(=O)[C@H](CC(C)C)NC(=O)OC(C)(C)C)(CC)CC. The molecule has 0 aliphatic rings. The maximum Gasteiger partial charge on any atom is 0.408 e. The Morgan fingerprint density at radius 2 is 1.58 bits per heavy atom. The van der Waals surface area contributed by atoms with Gasteiger partial charge in [0.25, 0.3) is 0 Å². The van der Waals surface area contributed by atoms with E-state index in [0.29, 0.717) is 6.42 Å². The van der Waals surface area contributed by atoms with Crippen LogP contribution in [0.1, 0.15) is 61.8 Å². The number of rotatable bonds is 7. The van der Waals surface area contributed by atoms with E-state index in [1.54, 1.807) is 20.8 Å². The number of ketones is 1. The number of nitrogens with one attached hydrogen (secondary N) is 1. The van der Waals surface area contributed by atoms with Crippen molar-refractivity contribution in [2.45, 2.75) is 91.6 Å². The third-order valence-electron chi connectivity index (χ3n) is 4.20. The summed E-state index contributed by atoms with van der Waals surface area (Å²) in [6, 6.07) is 2.54. The van der Waals surface area contributed by atoms with Crippen LogP contribution in [0.15, 0.2) is 0 Å². The molecule has 0 fully saturated rings. The molecule has 0 unspecified atom stereocenters. The predicted octanol–water partition coefficient (Wildman–Crippen LogP) is 4.55. The van der Waals surface area contributed by atoms with Crippen molar-refractivity contribution >= 4 is 20.0 Å². The summed E-state index contributed by atoms with van der Waals surface area (Å²) in [4.78, 5) is 24.6. The molecule has 0 aromatic heterocycles. The van der Waals surface area contributed by atoms with E-state index in [1.165, 1.54) is 0 Å². The van der Waals surface area contributed by atoms with Crippen LogP contribution in [0.4, 0.5) is 4.79 Å². The number of hydrogen-bond acceptors (Lipinski definition) is 3. The molecule has 1 amide bonds. The second kappa shape index (κ2) is 9.88. The zero-order valence-electron chi connectivity index (χ0n) is 16.7. The summed E-state index contributed by atoms with van der Waals surface area (Å²) in [7, 11) is -1.67. The minimum atomic E-state index is -1.67. The summed E-state index contributed by atoms with van der Waals surface area (Å²) in [5.74, 6) is 2.92. The second-order valence-electron chi connectivity index (χ2n) is 7.78. The van der Waals surface area contributed by atoms with Gasteiger partial charge in [0.15, 0.2) is 0 Å². The number of amides is 1. The topological polar surface area (TPSA) is 55.4 Å². The van der Waals surface area contributed by atoms with Crippen LogP contribution < -0.4 is 5.32 Å². The third-order valence-corrected chi connectivity index (χ3v) is 8.91. The van der Waals surface area contributed by atoms with Crippen LogP contribution in [0.3, 0.4) is 0 Å². The molecule has 0 aliphatic carbocycles. The van der Waals surface area contributed by atoms with Crippen molar-refractivity contribution < 1.29 is 14.3 Å². The van der Waals surface area contributed by atoms with Gasteiger partial charge >= 0.3 is 6.09 Å². The lowest BCUT2D eigenvalue weighted by molar-refractivity contribution is -0.116. The summed E-state index contributed by atoms with van der Waals surface area (Å²) >= 11 is 0. The molecule has 1 N–H and O–H groups in total. The normalized spacial score (nSPS) is 13.0. The summed E-state index contributed by atoms with van der Waals surface area (Å²) in [5, 5.41) is 2.70. The van der Waals surface area contributed by atoms with Crippen LogP contribution in [0, 0.1) is 17.4 Å². The molecule has 138 valence electrons. The van der Waals surface area contributed by atoms with Gasteiger partial charge in [-0.3, -0.25) is 4.79 Å². The van der Waals surface area contributed by atoms with Crippen molar-refractivity contribution in [2.75, 3.05) is 0 Å². The van der Waals surface area contributed by atoms with Crippen LogP contribution in [0.25, 0.3) is 0 Å². The van der Waals surface area contributed by atoms with E-state index in [0.717, 1.165) is 18.1 Å². The van der Waals surface area contributed by atoms with Crippen LogP contribution in [0.5, 0.6) is 0 Å². The van der Waals surface area contributed by atoms with Crippen molar-refractivity contribution in [2.24, 2.45) is 5.92 Å². The van der Waals surface area contributed by atoms with Crippen molar-refractivity contribution in [1.29, 1.82) is 0 Å². The molecular formula is C19H35NO3Si. The first-order chi connectivity index (χ1) is 11.0. The first kappa shape index (κ1) is 22.7. The lowest BCUT2D eigenvalue weighted by Gasteiger charge is -2.23. The first-order valence-electron chi connectivity index (χ1n) is 9.05. The summed E-state index contributed by atoms with van der Waals surface area (Å²) in [6.45, 7) is 15.9. The van der Waals surface area contributed by atoms with E-state index in [1.807, 2.05) is 13.8 Å². The number of ether oxygens (including phenoxy) is 1. The van der Waals surface area contributed by atoms with E-state index in [-0.39, 0.29) is 11.7 Å². The van der Waals surface area contributed by atoms with Gasteiger partial charge in [0.2, 0.25) is 5.78 Å². The number of carbonyl (C=O) groups excluding carboxylic acids is 2. The van der Waals surface area contributed by atoms with Crippen molar-refractivity contribution in [3.63, 3.8) is 0 Å². The van der Waals surface area contributed by atoms with Crippen LogP contribution >= 0.6 is 0 Å². The molecule has 0 saturated carbocycles. The summed E-state index contributed by atoms with van der Waals surface area (Å²) in [6.07, 6.45) is -0.000578. The molecule has 0 saturated heterocycles. The van der Waals surface area contributed by atoms with Crippen molar-refractivity contribution in [3.05, 3.63) is 0 Å². The smallest absolute Gasteiger partial charge is 0.408 e. The molecule has 24 heavy (non-hydrogen) atoms. The van der Waals surface area contributed by atoms with Gasteiger partial charge in [0, 0.05) is 0 Å². The molecular weight excluding hydrogens is 318 g/mol. The molecule has 0 heterocycles. The molecule has 0 spiro atoms. The highest BCUT2D eigenvalue weighted by Crippen LogP contribution is 2.19. The lowest BCUT2D eigenvalue weighted by atomic mass is 10.0. The Labute approximate surface area is 149 Å². The highest BCUT2D eigenvalue weighted by atomic mass is 28.3. The van der Waals surface area contributed by atoms with Gasteiger partial charge in [-0.15, -0.1) is 5.54 Å². The Morgan fingerprint density at radius 3 is 1.96 bits per heavy atom. The zero-order chi connectivity index (χ0) is 19.0. The van der Waals surface area contributed by atoms with Crippen molar-refractivity contribution in [1.82, 2.24) is 5.32 Å². The Balaban J connectivity index is 5.19. The minimum Gasteiger partial charge on any atom is -0.444 e. The fourth-order valence-electron chi connectivity index (χ4n) is 2.45. The average molecular weight is 354 g/mol. The first-order valence-corrected chi connectivity index (χ1v) is 11.7. The van der Waals surface area contributed by atoms with Gasteiger partial charge in [-0.2, -0.15) is 0 Å². The maximum absolute atomic E-state index is 12.6. The lowest BCUT2D eigenvalue weighted by Crippen LogP contribution is -2.44. The second-order valence-corrected chi connectivity index (χ2v) is 12.7. The molecule has 4 nitrogen and oxygen atoms in total. The molecule has 5 heteroatoms. The van der Waals surface area contributed by atoms with E-state index >= 15 is 0 Å². The fourth-order valence-corrected chi connectivity index (χ4v) is 4.87. The Morgan fingerprint density at radius 1 is 1.08 bits per heavy atom. The fraction of sp³-hybridized carbons (Fsp3) is 0.789. The van der Waals surface area contributed by atoms with Gasteiger partial charge in [-0.25, -0.2) is 4.79 Å². The van der Waals surface area contributed by atoms with E-state index in [4.69, 9.17) is 4.74 Å². The van der Waals surface area contributed by atoms with Gasteiger partial charge in [0.05, 0.1) is 0 Å². The average Bonchev–Trinajstić information content (AvgIpc) is 2.46. The predicted molar refractivity (Wildman–Crippen MR) is 103 cm³/mol. The van der Waals surface area contributed by atoms with Crippen LogP contribution in [-0.2, 0) is 9.53 Å². The number of hydrogen-bond donors (Lipinski definition) is 1. The molecule has 0 radical (unpaired) electrons. The van der Waals surface area contributed by atoms with Gasteiger partial charge in [-0.05, 0) is 57.2 Å². The standard InChI is InChI=1S/C19H35NO3Si/c1-9-24(10-2,11-3)13-12-17(21)16(14-15(4)5)20-18(22)23-19(6,7)8/h15-16H,9-11,14H2,1-8H3,(H,20,22)/t16-/m0/s1. The van der Waals surface area contributed by atoms with Gasteiger partial charge in [0.1, 0.15) is 19.7 Å². The quantitative estimate of drug-likeness (QED) is 0.540. The Hall–Kier alpha value is -1.28. The molecule has 1 atom stereocenters. The minimum absolute atomic E-state index is 0.207. The monoisotopic (exact) mass is 353 g/mol. The van der Waals surface area contributed by atoms with E-state index in [9.17, 15) is 9.59 Å². The molecule has 0 aliphatic heterocycles. The largest absolute Gasteiger partial charge is 0.444 e. The third kappa shape index (κ3) is 8.54. The van der Waals surface area contributed by atoms with Gasteiger partial charge in [-0.1, -0.05) is 34.6 Å². The highest BCUT2D eigenvalue weighted by Gasteiger charge is 2.27. The van der Waals surface area contributed by atoms with Crippen LogP contribution in [0.2, 0.25) is 18.1 Å². The molecule has 0 rings (SSSR count). The summed E-state index contributed by atoms with van der Waals surface area (Å²) < 4.78 is 5.27. The summed E-state index contributed by atoms with van der Waals surface area (Å²) in [5.41, 5.74) is 2.72. The van der Waals surface area contributed by atoms with Gasteiger partial charge < -0.3 is 10.1 Å². The number of Topliss-reactive ketones (excluding diaryl/α,β-unsaturated/α-hetero) is 1. The zero-order valence-corrected chi connectivity index (χ0v) is 17.7. The molecule has 0 aromatic carbocycles. The maximum atomic E-state index is 12.6. The number of carbonyl (C=O) groups is 2. The van der Waals surface area contributed by atoms with Crippen molar-refractivity contribution in [3.8, 4) is 11.5 Å². The van der Waals surface area contributed by atoms with E-state index in [2.05, 4.69) is 37.6 Å². The van der Waals surface area contributed by atoms with Crippen LogP contribution in [-0.4, -0.2) is 31.6 Å². The Kier molecular flexibility index (Phi) is 9.35. The van der Waals surface area contributed by atoms with E-state index < -0.39 is 25.8 Å². The molecule has 0 aromatic rings. The molecule has 0 bridgehead atoms. The highest BCUT2D eigenvalue weighted by molar-refractivity contribution is 6.87. The number of alkyl carbamates (subject to hydrolysis) is 1.